The highest BCUT2D eigenvalue weighted by Gasteiger charge is 2.33. The molecule has 0 saturated heterocycles. The van der Waals surface area contributed by atoms with Crippen LogP contribution in [0.4, 0.5) is 24.5 Å². The van der Waals surface area contributed by atoms with E-state index in [0.29, 0.717) is 30.6 Å². The molecule has 0 spiro atoms. The van der Waals surface area contributed by atoms with Crippen molar-refractivity contribution in [2.24, 2.45) is 11.8 Å². The first-order chi connectivity index (χ1) is 9.11. The molecule has 0 unspecified atom stereocenters. The second-order valence-electron chi connectivity index (χ2n) is 5.82. The Morgan fingerprint density at radius 3 is 2.05 bits per heavy atom. The van der Waals surface area contributed by atoms with Gasteiger partial charge in [0.1, 0.15) is 5.69 Å². The van der Waals surface area contributed by atoms with Gasteiger partial charge in [0.25, 0.3) is 0 Å². The van der Waals surface area contributed by atoms with Crippen LogP contribution >= 0.6 is 0 Å². The van der Waals surface area contributed by atoms with Crippen molar-refractivity contribution in [3.8, 4) is 0 Å². The Balaban J connectivity index is 3.17. The van der Waals surface area contributed by atoms with Gasteiger partial charge in [0.05, 0.1) is 17.6 Å². The third-order valence-corrected chi connectivity index (χ3v) is 2.71. The van der Waals surface area contributed by atoms with Gasteiger partial charge in [-0.2, -0.15) is 13.2 Å². The van der Waals surface area contributed by atoms with Crippen molar-refractivity contribution < 1.29 is 13.2 Å². The Labute approximate surface area is 118 Å². The van der Waals surface area contributed by atoms with Gasteiger partial charge in [-0.05, 0) is 17.9 Å². The van der Waals surface area contributed by atoms with Crippen molar-refractivity contribution in [2.45, 2.75) is 33.9 Å². The Bertz CT molecular complexity index is 432. The van der Waals surface area contributed by atoms with Gasteiger partial charge in [0.2, 0.25) is 0 Å². The van der Waals surface area contributed by atoms with Crippen LogP contribution in [0.25, 0.3) is 0 Å². The predicted molar refractivity (Wildman–Crippen MR) is 75.5 cm³/mol. The molecule has 0 bridgehead atoms. The number of nitrogens with two attached hydrogens (primary N) is 1. The van der Waals surface area contributed by atoms with E-state index in [1.54, 1.807) is 0 Å². The fourth-order valence-corrected chi connectivity index (χ4v) is 2.04. The molecule has 0 saturated carbocycles. The van der Waals surface area contributed by atoms with Gasteiger partial charge in [0.15, 0.2) is 0 Å². The van der Waals surface area contributed by atoms with E-state index >= 15 is 0 Å². The third-order valence-electron chi connectivity index (χ3n) is 2.71. The molecule has 1 rings (SSSR count). The molecule has 6 heteroatoms. The number of hydrogen-bond donors (Lipinski definition) is 1. The molecule has 0 aliphatic heterocycles. The smallest absolute Gasteiger partial charge is 0.396 e. The number of anilines is 2. The van der Waals surface area contributed by atoms with Crippen LogP contribution in [0.2, 0.25) is 0 Å². The number of hydrogen-bond acceptors (Lipinski definition) is 3. The van der Waals surface area contributed by atoms with E-state index in [-0.39, 0.29) is 5.69 Å². The molecule has 2 N–H and O–H groups in total. The van der Waals surface area contributed by atoms with Crippen LogP contribution in [-0.2, 0) is 6.18 Å². The van der Waals surface area contributed by atoms with Crippen molar-refractivity contribution in [3.63, 3.8) is 0 Å². The Kier molecular flexibility index (Phi) is 5.25. The van der Waals surface area contributed by atoms with Crippen molar-refractivity contribution in [1.29, 1.82) is 0 Å². The molecule has 0 aliphatic carbocycles. The van der Waals surface area contributed by atoms with Gasteiger partial charge < -0.3 is 10.6 Å². The van der Waals surface area contributed by atoms with E-state index in [4.69, 9.17) is 5.73 Å². The molecule has 3 nitrogen and oxygen atoms in total. The lowest BCUT2D eigenvalue weighted by Crippen LogP contribution is -2.32. The maximum atomic E-state index is 12.8. The zero-order valence-corrected chi connectivity index (χ0v) is 12.3. The van der Waals surface area contributed by atoms with E-state index in [1.807, 2.05) is 32.6 Å². The van der Waals surface area contributed by atoms with Gasteiger partial charge in [-0.15, -0.1) is 0 Å². The molecule has 0 amide bonds. The van der Waals surface area contributed by atoms with Crippen molar-refractivity contribution in [2.75, 3.05) is 23.7 Å². The second kappa shape index (κ2) is 6.33. The SMILES string of the molecule is CC(C)CN(CC(C)C)c1cc(C(F)(F)F)ncc1N. The summed E-state index contributed by atoms with van der Waals surface area (Å²) < 4.78 is 38.3. The molecule has 0 fully saturated rings. The van der Waals surface area contributed by atoms with Crippen LogP contribution in [0.3, 0.4) is 0 Å². The summed E-state index contributed by atoms with van der Waals surface area (Å²) >= 11 is 0. The summed E-state index contributed by atoms with van der Waals surface area (Å²) in [6.45, 7) is 9.41. The number of halogens is 3. The topological polar surface area (TPSA) is 42.2 Å². The number of alkyl halides is 3. The minimum atomic E-state index is -4.45. The van der Waals surface area contributed by atoms with Crippen LogP contribution in [0, 0.1) is 11.8 Å². The Morgan fingerprint density at radius 2 is 1.65 bits per heavy atom. The molecule has 0 radical (unpaired) electrons. The van der Waals surface area contributed by atoms with Crippen molar-refractivity contribution >= 4 is 11.4 Å². The summed E-state index contributed by atoms with van der Waals surface area (Å²) in [6.07, 6.45) is -3.37. The van der Waals surface area contributed by atoms with Gasteiger partial charge in [-0.25, -0.2) is 4.98 Å². The van der Waals surface area contributed by atoms with Gasteiger partial charge in [0, 0.05) is 13.1 Å². The van der Waals surface area contributed by atoms with Crippen LogP contribution in [0.15, 0.2) is 12.3 Å². The monoisotopic (exact) mass is 289 g/mol. The van der Waals surface area contributed by atoms with Crippen LogP contribution in [0.5, 0.6) is 0 Å². The quantitative estimate of drug-likeness (QED) is 0.896. The first-order valence-corrected chi connectivity index (χ1v) is 6.69. The lowest BCUT2D eigenvalue weighted by molar-refractivity contribution is -0.141. The van der Waals surface area contributed by atoms with Gasteiger partial charge in [-0.3, -0.25) is 0 Å². The minimum absolute atomic E-state index is 0.277. The highest BCUT2D eigenvalue weighted by molar-refractivity contribution is 5.67. The first-order valence-electron chi connectivity index (χ1n) is 6.69. The molecule has 0 aromatic carbocycles. The van der Waals surface area contributed by atoms with Crippen LogP contribution in [-0.4, -0.2) is 18.1 Å². The number of nitrogen functional groups attached to an aromatic ring is 1. The lowest BCUT2D eigenvalue weighted by atomic mass is 10.1. The molecule has 20 heavy (non-hydrogen) atoms. The van der Waals surface area contributed by atoms with Gasteiger partial charge in [-0.1, -0.05) is 27.7 Å². The van der Waals surface area contributed by atoms with E-state index in [2.05, 4.69) is 4.98 Å². The summed E-state index contributed by atoms with van der Waals surface area (Å²) in [5, 5.41) is 0. The third kappa shape index (κ3) is 4.58. The number of aromatic nitrogens is 1. The van der Waals surface area contributed by atoms with E-state index in [9.17, 15) is 13.2 Å². The average molecular weight is 289 g/mol. The minimum Gasteiger partial charge on any atom is -0.396 e. The molecule has 1 heterocycles. The molecule has 0 aliphatic rings. The first kappa shape index (κ1) is 16.6. The number of nitrogens with zero attached hydrogens (tertiary/aromatic N) is 2. The highest BCUT2D eigenvalue weighted by atomic mass is 19.4. The number of rotatable bonds is 5. The molecule has 114 valence electrons. The zero-order valence-electron chi connectivity index (χ0n) is 12.3. The molecular formula is C14H22F3N3. The fourth-order valence-electron chi connectivity index (χ4n) is 2.04. The van der Waals surface area contributed by atoms with E-state index < -0.39 is 11.9 Å². The molecular weight excluding hydrogens is 267 g/mol. The maximum Gasteiger partial charge on any atom is 0.433 e. The van der Waals surface area contributed by atoms with E-state index in [1.165, 1.54) is 0 Å². The summed E-state index contributed by atoms with van der Waals surface area (Å²) in [4.78, 5) is 5.28. The summed E-state index contributed by atoms with van der Waals surface area (Å²) in [5.41, 5.74) is 5.60. The summed E-state index contributed by atoms with van der Waals surface area (Å²) in [5.74, 6) is 0.659. The normalized spacial score (nSPS) is 12.2. The highest BCUT2D eigenvalue weighted by Crippen LogP contribution is 2.33. The van der Waals surface area contributed by atoms with Crippen LogP contribution < -0.4 is 10.6 Å². The largest absolute Gasteiger partial charge is 0.433 e. The Morgan fingerprint density at radius 1 is 1.15 bits per heavy atom. The second-order valence-corrected chi connectivity index (χ2v) is 5.82. The standard InChI is InChI=1S/C14H22F3N3/c1-9(2)7-20(8-10(3)4)12-5-13(14(15,16)17)19-6-11(12)18/h5-6,9-10H,7-8,18H2,1-4H3. The van der Waals surface area contributed by atoms with Crippen molar-refractivity contribution in [1.82, 2.24) is 4.98 Å². The predicted octanol–water partition coefficient (Wildman–Crippen LogP) is 3.80. The molecule has 1 aromatic heterocycles. The van der Waals surface area contributed by atoms with Gasteiger partial charge >= 0.3 is 6.18 Å². The summed E-state index contributed by atoms with van der Waals surface area (Å²) in [7, 11) is 0. The van der Waals surface area contributed by atoms with Crippen LogP contribution in [0.1, 0.15) is 33.4 Å². The zero-order chi connectivity index (χ0) is 15.5. The summed E-state index contributed by atoms with van der Waals surface area (Å²) in [6, 6.07) is 1.04. The molecule has 0 atom stereocenters. The fraction of sp³-hybridized carbons (Fsp3) is 0.643. The number of pyridine rings is 1. The van der Waals surface area contributed by atoms with Crippen molar-refractivity contribution in [3.05, 3.63) is 18.0 Å². The molecule has 1 aromatic rings. The average Bonchev–Trinajstić information content (AvgIpc) is 2.25. The maximum absolute atomic E-state index is 12.8. The van der Waals surface area contributed by atoms with E-state index in [0.717, 1.165) is 12.3 Å². The Hall–Kier alpha value is -1.46. The lowest BCUT2D eigenvalue weighted by Gasteiger charge is -2.29.